The van der Waals surface area contributed by atoms with Crippen molar-refractivity contribution < 1.29 is 30.8 Å². The Morgan fingerprint density at radius 3 is 2.44 bits per heavy atom. The van der Waals surface area contributed by atoms with E-state index in [0.29, 0.717) is 11.6 Å². The van der Waals surface area contributed by atoms with Crippen molar-refractivity contribution in [2.24, 2.45) is 0 Å². The molecule has 218 valence electrons. The summed E-state index contributed by atoms with van der Waals surface area (Å²) in [6.45, 7) is 3.10. The number of aryl methyl sites for hydroxylation is 1. The Kier molecular flexibility index (Phi) is 8.49. The van der Waals surface area contributed by atoms with Crippen molar-refractivity contribution in [1.82, 2.24) is 14.9 Å². The van der Waals surface area contributed by atoms with Gasteiger partial charge in [-0.2, -0.15) is 13.2 Å². The van der Waals surface area contributed by atoms with E-state index in [1.54, 1.807) is 0 Å². The molecule has 1 fully saturated rings. The molecule has 3 aromatic rings. The number of hydrogen-bond acceptors (Lipinski definition) is 4. The predicted octanol–water partition coefficient (Wildman–Crippen LogP) is 5.65. The molecule has 6 nitrogen and oxygen atoms in total. The first-order valence-corrected chi connectivity index (χ1v) is 15.0. The number of alkyl halides is 3. The van der Waals surface area contributed by atoms with Crippen LogP contribution in [0.3, 0.4) is 0 Å². The third kappa shape index (κ3) is 7.14. The van der Waals surface area contributed by atoms with Crippen molar-refractivity contribution in [2.75, 3.05) is 13.1 Å². The van der Waals surface area contributed by atoms with Gasteiger partial charge >= 0.3 is 6.18 Å². The van der Waals surface area contributed by atoms with Crippen LogP contribution in [0.4, 0.5) is 17.6 Å². The number of nitrogens with one attached hydrogen (secondary N) is 2. The van der Waals surface area contributed by atoms with Crippen LogP contribution < -0.4 is 10.0 Å². The minimum absolute atomic E-state index is 0.252. The molecule has 3 aromatic carbocycles. The first kappa shape index (κ1) is 29.2. The van der Waals surface area contributed by atoms with Gasteiger partial charge in [0.15, 0.2) is 0 Å². The summed E-state index contributed by atoms with van der Waals surface area (Å²) in [5, 5.41) is 3.02. The number of halogens is 4. The van der Waals surface area contributed by atoms with E-state index in [4.69, 9.17) is 0 Å². The first-order chi connectivity index (χ1) is 19.5. The second-order valence-electron chi connectivity index (χ2n) is 10.6. The Labute approximate surface area is 236 Å². The molecule has 2 atom stereocenters. The lowest BCUT2D eigenvalue weighted by Crippen LogP contribution is -2.37. The van der Waals surface area contributed by atoms with E-state index in [2.05, 4.69) is 27.1 Å². The summed E-state index contributed by atoms with van der Waals surface area (Å²) in [6, 6.07) is 13.2. The minimum Gasteiger partial charge on any atom is -0.349 e. The fourth-order valence-corrected chi connectivity index (χ4v) is 6.64. The molecule has 0 saturated carbocycles. The van der Waals surface area contributed by atoms with Gasteiger partial charge in [0.25, 0.3) is 0 Å². The van der Waals surface area contributed by atoms with Crippen LogP contribution in [-0.2, 0) is 34.0 Å². The van der Waals surface area contributed by atoms with Crippen molar-refractivity contribution >= 4 is 15.9 Å². The highest BCUT2D eigenvalue weighted by molar-refractivity contribution is 7.89. The molecule has 41 heavy (non-hydrogen) atoms. The third-order valence-electron chi connectivity index (χ3n) is 7.64. The molecule has 2 aliphatic rings. The van der Waals surface area contributed by atoms with Crippen molar-refractivity contribution in [2.45, 2.75) is 61.8 Å². The van der Waals surface area contributed by atoms with Crippen molar-refractivity contribution in [3.8, 4) is 0 Å². The number of benzene rings is 3. The number of likely N-dealkylation sites (tertiary alicyclic amines) is 1. The van der Waals surface area contributed by atoms with Crippen LogP contribution in [0.2, 0.25) is 0 Å². The summed E-state index contributed by atoms with van der Waals surface area (Å²) in [5.41, 5.74) is 2.63. The normalized spacial score (nSPS) is 18.3. The summed E-state index contributed by atoms with van der Waals surface area (Å²) in [7, 11) is -4.47. The molecular weight excluding hydrogens is 558 g/mol. The quantitative estimate of drug-likeness (QED) is 0.316. The molecule has 1 amide bonds. The summed E-state index contributed by atoms with van der Waals surface area (Å²) < 4.78 is 81.9. The SMILES string of the molecule is O=C(C[C@@H](NS(=O)(=O)c1cccc(C(F)(F)F)c1)c1ccc(F)cc1)N[C@@H]1CCCc2cc(CN3CCC3)ccc21. The highest BCUT2D eigenvalue weighted by Crippen LogP contribution is 2.33. The smallest absolute Gasteiger partial charge is 0.349 e. The Balaban J connectivity index is 1.33. The monoisotopic (exact) mass is 589 g/mol. The van der Waals surface area contributed by atoms with Gasteiger partial charge in [-0.1, -0.05) is 36.4 Å². The van der Waals surface area contributed by atoms with E-state index < -0.39 is 44.4 Å². The maximum atomic E-state index is 13.6. The van der Waals surface area contributed by atoms with Gasteiger partial charge in [0.05, 0.1) is 22.5 Å². The Bertz CT molecular complexity index is 1510. The lowest BCUT2D eigenvalue weighted by atomic mass is 9.86. The number of carbonyl (C=O) groups excluding carboxylic acids is 1. The van der Waals surface area contributed by atoms with Gasteiger partial charge in [-0.3, -0.25) is 9.69 Å². The summed E-state index contributed by atoms with van der Waals surface area (Å²) in [6.07, 6.45) is -1.33. The van der Waals surface area contributed by atoms with Gasteiger partial charge in [-0.15, -0.1) is 0 Å². The zero-order chi connectivity index (χ0) is 29.2. The van der Waals surface area contributed by atoms with Crippen LogP contribution in [0, 0.1) is 5.82 Å². The Morgan fingerprint density at radius 1 is 1.00 bits per heavy atom. The van der Waals surface area contributed by atoms with Crippen molar-refractivity contribution in [3.63, 3.8) is 0 Å². The first-order valence-electron chi connectivity index (χ1n) is 13.6. The van der Waals surface area contributed by atoms with Crippen LogP contribution in [-0.4, -0.2) is 32.3 Å². The number of amides is 1. The molecule has 1 aliphatic heterocycles. The highest BCUT2D eigenvalue weighted by atomic mass is 32.2. The molecule has 0 unspecified atom stereocenters. The zero-order valence-electron chi connectivity index (χ0n) is 22.3. The number of sulfonamides is 1. The molecule has 0 spiro atoms. The molecule has 5 rings (SSSR count). The molecule has 1 saturated heterocycles. The standard InChI is InChI=1S/C30H31F4N3O3S/c31-24-11-9-21(10-12-24)28(36-41(39,40)25-6-2-5-23(17-25)30(32,33)34)18-29(38)35-27-7-1-4-22-16-20(8-13-26(22)27)19-37-14-3-15-37/h2,5-6,8-13,16-17,27-28,36H,1,3-4,7,14-15,18-19H2,(H,35,38)/t27-,28-/m1/s1. The zero-order valence-corrected chi connectivity index (χ0v) is 23.1. The minimum atomic E-state index is -4.73. The van der Waals surface area contributed by atoms with Gasteiger partial charge in [-0.05, 0) is 91.4 Å². The molecule has 11 heteroatoms. The van der Waals surface area contributed by atoms with Gasteiger partial charge in [0.2, 0.25) is 15.9 Å². The van der Waals surface area contributed by atoms with Crippen molar-refractivity contribution in [1.29, 1.82) is 0 Å². The summed E-state index contributed by atoms with van der Waals surface area (Å²) >= 11 is 0. The number of nitrogens with zero attached hydrogens (tertiary/aromatic N) is 1. The van der Waals surface area contributed by atoms with Gasteiger partial charge in [-0.25, -0.2) is 17.5 Å². The van der Waals surface area contributed by atoms with E-state index >= 15 is 0 Å². The van der Waals surface area contributed by atoms with Gasteiger partial charge < -0.3 is 5.32 Å². The van der Waals surface area contributed by atoms with Crippen LogP contribution in [0.25, 0.3) is 0 Å². The number of carbonyl (C=O) groups is 1. The molecule has 1 aliphatic carbocycles. The number of hydrogen-bond donors (Lipinski definition) is 2. The van der Waals surface area contributed by atoms with Crippen LogP contribution in [0.1, 0.15) is 65.6 Å². The second-order valence-corrected chi connectivity index (χ2v) is 12.3. The second kappa shape index (κ2) is 11.9. The summed E-state index contributed by atoms with van der Waals surface area (Å²) in [5.74, 6) is -0.987. The van der Waals surface area contributed by atoms with E-state index in [0.717, 1.165) is 74.8 Å². The van der Waals surface area contributed by atoms with E-state index in [9.17, 15) is 30.8 Å². The van der Waals surface area contributed by atoms with E-state index in [1.165, 1.54) is 29.7 Å². The predicted molar refractivity (Wildman–Crippen MR) is 146 cm³/mol. The van der Waals surface area contributed by atoms with Crippen LogP contribution in [0.5, 0.6) is 0 Å². The fraction of sp³-hybridized carbons (Fsp3) is 0.367. The molecule has 1 heterocycles. The maximum absolute atomic E-state index is 13.6. The lowest BCUT2D eigenvalue weighted by Gasteiger charge is -2.32. The number of fused-ring (bicyclic) bond motifs is 1. The highest BCUT2D eigenvalue weighted by Gasteiger charge is 2.33. The van der Waals surface area contributed by atoms with E-state index in [-0.39, 0.29) is 12.5 Å². The van der Waals surface area contributed by atoms with Crippen molar-refractivity contribution in [3.05, 3.63) is 100 Å². The fourth-order valence-electron chi connectivity index (χ4n) is 5.37. The van der Waals surface area contributed by atoms with E-state index in [1.807, 2.05) is 6.07 Å². The Morgan fingerprint density at radius 2 is 1.76 bits per heavy atom. The molecular formula is C30H31F4N3O3S. The average molecular weight is 590 g/mol. The Hall–Kier alpha value is -3.28. The lowest BCUT2D eigenvalue weighted by molar-refractivity contribution is -0.137. The third-order valence-corrected chi connectivity index (χ3v) is 9.11. The van der Waals surface area contributed by atoms with Crippen LogP contribution >= 0.6 is 0 Å². The topological polar surface area (TPSA) is 78.5 Å². The molecule has 0 bridgehead atoms. The molecule has 2 N–H and O–H groups in total. The largest absolute Gasteiger partial charge is 0.416 e. The van der Waals surface area contributed by atoms with Gasteiger partial charge in [0.1, 0.15) is 5.82 Å². The molecule has 0 aromatic heterocycles. The maximum Gasteiger partial charge on any atom is 0.416 e. The summed E-state index contributed by atoms with van der Waals surface area (Å²) in [4.78, 5) is 15.1. The number of rotatable bonds is 9. The molecule has 0 radical (unpaired) electrons. The average Bonchev–Trinajstić information content (AvgIpc) is 2.90. The van der Waals surface area contributed by atoms with Gasteiger partial charge in [0, 0.05) is 13.0 Å². The van der Waals surface area contributed by atoms with Crippen LogP contribution in [0.15, 0.2) is 71.6 Å².